The Bertz CT molecular complexity index is 402. The van der Waals surface area contributed by atoms with Crippen molar-refractivity contribution in [3.05, 3.63) is 29.8 Å². The minimum Gasteiger partial charge on any atom is -0.206 e. The molecule has 0 unspecified atom stereocenters. The van der Waals surface area contributed by atoms with Crippen LogP contribution >= 0.6 is 0 Å². The maximum Gasteiger partial charge on any atom is 0.254 e. The molecule has 0 bridgehead atoms. The highest BCUT2D eigenvalue weighted by atomic mass is 32.2. The quantitative estimate of drug-likeness (QED) is 0.664. The maximum atomic E-state index is 12.4. The van der Waals surface area contributed by atoms with Gasteiger partial charge in [0.2, 0.25) is 0 Å². The first-order valence-electron chi connectivity index (χ1n) is 2.86. The zero-order valence-electron chi connectivity index (χ0n) is 5.71. The molecule has 0 saturated carbocycles. The van der Waals surface area contributed by atoms with E-state index in [2.05, 4.69) is 0 Å². The summed E-state index contributed by atoms with van der Waals surface area (Å²) in [5.74, 6) is -2.41. The molecule has 0 heterocycles. The third-order valence-electron chi connectivity index (χ3n) is 1.20. The number of hydrogen-bond donors (Lipinski definition) is 0. The molecular formula is C6H4F2NO2S. The second kappa shape index (κ2) is 2.80. The van der Waals surface area contributed by atoms with Gasteiger partial charge in [0.15, 0.2) is 11.6 Å². The molecule has 1 rings (SSSR count). The van der Waals surface area contributed by atoms with Crippen molar-refractivity contribution in [1.82, 2.24) is 5.14 Å². The molecule has 0 aromatic heterocycles. The Labute approximate surface area is 67.9 Å². The van der Waals surface area contributed by atoms with Crippen LogP contribution in [0, 0.1) is 11.6 Å². The molecule has 0 aliphatic rings. The van der Waals surface area contributed by atoms with Gasteiger partial charge in [-0.25, -0.2) is 17.2 Å². The van der Waals surface area contributed by atoms with Crippen molar-refractivity contribution in [2.24, 2.45) is 0 Å². The standard InChI is InChI=1S/C6H4F2NO2S/c7-5-2-1-4(3-6(5)8)12(9,10)11/h1-3,9H. The zero-order chi connectivity index (χ0) is 9.35. The molecule has 0 aliphatic heterocycles. The molecule has 6 heteroatoms. The summed E-state index contributed by atoms with van der Waals surface area (Å²) in [5.41, 5.74) is 0. The van der Waals surface area contributed by atoms with E-state index in [1.165, 1.54) is 0 Å². The van der Waals surface area contributed by atoms with Crippen LogP contribution in [0.5, 0.6) is 0 Å². The average Bonchev–Trinajstić information content (AvgIpc) is 1.92. The molecule has 1 radical (unpaired) electrons. The van der Waals surface area contributed by atoms with Crippen LogP contribution in [0.2, 0.25) is 0 Å². The van der Waals surface area contributed by atoms with E-state index in [-0.39, 0.29) is 0 Å². The molecule has 0 atom stereocenters. The highest BCUT2D eigenvalue weighted by Crippen LogP contribution is 2.12. The number of halogens is 2. The van der Waals surface area contributed by atoms with Crippen LogP contribution in [0.4, 0.5) is 8.78 Å². The van der Waals surface area contributed by atoms with Crippen molar-refractivity contribution >= 4 is 10.0 Å². The minimum atomic E-state index is -4.20. The number of hydrogen-bond acceptors (Lipinski definition) is 2. The van der Waals surface area contributed by atoms with E-state index in [0.29, 0.717) is 12.1 Å². The van der Waals surface area contributed by atoms with Crippen LogP contribution in [0.15, 0.2) is 23.1 Å². The lowest BCUT2D eigenvalue weighted by Crippen LogP contribution is -2.01. The predicted molar refractivity (Wildman–Crippen MR) is 36.6 cm³/mol. The second-order valence-electron chi connectivity index (χ2n) is 2.08. The molecule has 0 aliphatic carbocycles. The van der Waals surface area contributed by atoms with Crippen LogP contribution in [0.25, 0.3) is 0 Å². The number of sulfonamides is 1. The van der Waals surface area contributed by atoms with Gasteiger partial charge >= 0.3 is 0 Å². The Morgan fingerprint density at radius 2 is 1.75 bits per heavy atom. The average molecular weight is 192 g/mol. The van der Waals surface area contributed by atoms with E-state index in [0.717, 1.165) is 6.07 Å². The van der Waals surface area contributed by atoms with Gasteiger partial charge in [0.25, 0.3) is 10.0 Å². The normalized spacial score (nSPS) is 11.6. The number of rotatable bonds is 1. The summed E-state index contributed by atoms with van der Waals surface area (Å²) in [4.78, 5) is -0.554. The summed E-state index contributed by atoms with van der Waals surface area (Å²) in [6.45, 7) is 0. The minimum absolute atomic E-state index is 0.470. The second-order valence-corrected chi connectivity index (χ2v) is 3.56. The van der Waals surface area contributed by atoms with E-state index < -0.39 is 26.6 Å². The Kier molecular flexibility index (Phi) is 2.12. The van der Waals surface area contributed by atoms with Gasteiger partial charge in [0.05, 0.1) is 4.90 Å². The molecule has 3 nitrogen and oxygen atoms in total. The van der Waals surface area contributed by atoms with Crippen LogP contribution in [-0.2, 0) is 10.0 Å². The molecule has 12 heavy (non-hydrogen) atoms. The van der Waals surface area contributed by atoms with Crippen molar-refractivity contribution in [2.45, 2.75) is 4.90 Å². The molecule has 65 valence electrons. The van der Waals surface area contributed by atoms with Crippen molar-refractivity contribution < 1.29 is 17.2 Å². The van der Waals surface area contributed by atoms with E-state index in [9.17, 15) is 17.2 Å². The highest BCUT2D eigenvalue weighted by molar-refractivity contribution is 7.88. The maximum absolute atomic E-state index is 12.4. The zero-order valence-corrected chi connectivity index (χ0v) is 6.53. The lowest BCUT2D eigenvalue weighted by molar-refractivity contribution is 0.504. The Morgan fingerprint density at radius 3 is 2.17 bits per heavy atom. The first kappa shape index (κ1) is 9.08. The fourth-order valence-electron chi connectivity index (χ4n) is 0.644. The lowest BCUT2D eigenvalue weighted by atomic mass is 10.3. The number of benzene rings is 1. The molecule has 1 aromatic carbocycles. The highest BCUT2D eigenvalue weighted by Gasteiger charge is 2.11. The smallest absolute Gasteiger partial charge is 0.206 e. The molecule has 0 amide bonds. The molecule has 0 saturated heterocycles. The lowest BCUT2D eigenvalue weighted by Gasteiger charge is -1.96. The Balaban J connectivity index is 3.33. The molecule has 1 N–H and O–H groups in total. The van der Waals surface area contributed by atoms with Crippen molar-refractivity contribution in [2.75, 3.05) is 0 Å². The van der Waals surface area contributed by atoms with Gasteiger partial charge in [-0.15, -0.1) is 5.14 Å². The third kappa shape index (κ3) is 1.77. The van der Waals surface area contributed by atoms with Crippen LogP contribution in [-0.4, -0.2) is 8.42 Å². The fourth-order valence-corrected chi connectivity index (χ4v) is 1.15. The SMILES string of the molecule is [NH]S(=O)(=O)c1ccc(F)c(F)c1. The van der Waals surface area contributed by atoms with E-state index in [4.69, 9.17) is 5.14 Å². The van der Waals surface area contributed by atoms with E-state index >= 15 is 0 Å². The van der Waals surface area contributed by atoms with Gasteiger partial charge in [-0.05, 0) is 18.2 Å². The van der Waals surface area contributed by atoms with Crippen molar-refractivity contribution in [3.63, 3.8) is 0 Å². The van der Waals surface area contributed by atoms with E-state index in [1.807, 2.05) is 0 Å². The van der Waals surface area contributed by atoms with Gasteiger partial charge in [-0.3, -0.25) is 0 Å². The largest absolute Gasteiger partial charge is 0.254 e. The van der Waals surface area contributed by atoms with Gasteiger partial charge in [-0.2, -0.15) is 0 Å². The third-order valence-corrected chi connectivity index (χ3v) is 2.08. The monoisotopic (exact) mass is 192 g/mol. The van der Waals surface area contributed by atoms with E-state index in [1.54, 1.807) is 0 Å². The number of nitrogens with one attached hydrogen (secondary N) is 1. The van der Waals surface area contributed by atoms with Crippen LogP contribution in [0.3, 0.4) is 0 Å². The van der Waals surface area contributed by atoms with Gasteiger partial charge < -0.3 is 0 Å². The first-order chi connectivity index (χ1) is 5.41. The summed E-state index contributed by atoms with van der Waals surface area (Å²) < 4.78 is 45.6. The molecule has 0 fully saturated rings. The molecule has 0 spiro atoms. The summed E-state index contributed by atoms with van der Waals surface area (Å²) in [6.07, 6.45) is 0. The fraction of sp³-hybridized carbons (Fsp3) is 0. The summed E-state index contributed by atoms with van der Waals surface area (Å²) >= 11 is 0. The van der Waals surface area contributed by atoms with Gasteiger partial charge in [-0.1, -0.05) is 0 Å². The summed E-state index contributed by atoms with van der Waals surface area (Å²) in [6, 6.07) is 1.97. The van der Waals surface area contributed by atoms with Crippen LogP contribution < -0.4 is 5.14 Å². The molecule has 1 aromatic rings. The van der Waals surface area contributed by atoms with Gasteiger partial charge in [0, 0.05) is 0 Å². The first-order valence-corrected chi connectivity index (χ1v) is 4.34. The topological polar surface area (TPSA) is 57.9 Å². The summed E-state index contributed by atoms with van der Waals surface area (Å²) in [7, 11) is -4.20. The molecular weight excluding hydrogens is 188 g/mol. The predicted octanol–water partition coefficient (Wildman–Crippen LogP) is 0.936. The van der Waals surface area contributed by atoms with Crippen LogP contribution in [0.1, 0.15) is 0 Å². The Hall–Kier alpha value is -1.01. The Morgan fingerprint density at radius 1 is 1.17 bits per heavy atom. The van der Waals surface area contributed by atoms with Crippen molar-refractivity contribution in [1.29, 1.82) is 0 Å². The summed E-state index contributed by atoms with van der Waals surface area (Å²) in [5, 5.41) is 6.52. The van der Waals surface area contributed by atoms with Crippen molar-refractivity contribution in [3.8, 4) is 0 Å². The van der Waals surface area contributed by atoms with Gasteiger partial charge in [0.1, 0.15) is 0 Å².